The van der Waals surface area contributed by atoms with Gasteiger partial charge in [-0.05, 0) is 79.5 Å². The van der Waals surface area contributed by atoms with Crippen LogP contribution in [0.2, 0.25) is 13.1 Å². The van der Waals surface area contributed by atoms with E-state index in [1.54, 1.807) is 0 Å². The minimum absolute atomic E-state index is 0.782. The van der Waals surface area contributed by atoms with Gasteiger partial charge in [-0.25, -0.2) is 9.97 Å². The lowest BCUT2D eigenvalue weighted by molar-refractivity contribution is 1.21. The van der Waals surface area contributed by atoms with E-state index < -0.39 is 8.07 Å². The van der Waals surface area contributed by atoms with E-state index in [-0.39, 0.29) is 0 Å². The van der Waals surface area contributed by atoms with Crippen molar-refractivity contribution in [2.24, 2.45) is 0 Å². The summed E-state index contributed by atoms with van der Waals surface area (Å²) in [6, 6.07) is 65.2. The van der Waals surface area contributed by atoms with Crippen molar-refractivity contribution in [3.8, 4) is 78.3 Å². The molecule has 0 radical (unpaired) electrons. The summed E-state index contributed by atoms with van der Waals surface area (Å²) in [7, 11) is -2.03. The molecule has 0 bridgehead atoms. The summed E-state index contributed by atoms with van der Waals surface area (Å²) < 4.78 is 0. The van der Waals surface area contributed by atoms with Gasteiger partial charge in [0.05, 0.1) is 5.69 Å². The molecule has 0 unspecified atom stereocenters. The van der Waals surface area contributed by atoms with Crippen LogP contribution in [0.15, 0.2) is 182 Å². The molecule has 8 aromatic rings. The van der Waals surface area contributed by atoms with E-state index in [9.17, 15) is 0 Å². The van der Waals surface area contributed by atoms with E-state index in [2.05, 4.69) is 195 Å². The van der Waals surface area contributed by atoms with Gasteiger partial charge >= 0.3 is 0 Å². The Morgan fingerprint density at radius 3 is 1.27 bits per heavy atom. The highest BCUT2D eigenvalue weighted by Gasteiger charge is 2.41. The number of benzene rings is 7. The molecule has 0 aliphatic carbocycles. The molecule has 0 amide bonds. The Kier molecular flexibility index (Phi) is 7.64. The highest BCUT2D eigenvalue weighted by Crippen LogP contribution is 2.37. The quantitative estimate of drug-likeness (QED) is 0.165. The van der Waals surface area contributed by atoms with Crippen molar-refractivity contribution in [2.45, 2.75) is 13.1 Å². The highest BCUT2D eigenvalue weighted by molar-refractivity contribution is 7.03. The summed E-state index contributed by atoms with van der Waals surface area (Å²) >= 11 is 0. The third-order valence-corrected chi connectivity index (χ3v) is 13.6. The monoisotopic (exact) mass is 668 g/mol. The van der Waals surface area contributed by atoms with Gasteiger partial charge in [-0.2, -0.15) is 0 Å². The van der Waals surface area contributed by atoms with E-state index in [1.165, 1.54) is 55.0 Å². The molecule has 1 aromatic heterocycles. The van der Waals surface area contributed by atoms with Crippen LogP contribution in [0.5, 0.6) is 0 Å². The van der Waals surface area contributed by atoms with Crippen LogP contribution in [-0.4, -0.2) is 18.0 Å². The Morgan fingerprint density at radius 1 is 0.353 bits per heavy atom. The maximum atomic E-state index is 5.39. The summed E-state index contributed by atoms with van der Waals surface area (Å²) in [4.78, 5) is 10.7. The fourth-order valence-electron chi connectivity index (χ4n) is 7.58. The molecule has 1 aliphatic heterocycles. The Morgan fingerprint density at radius 2 is 0.745 bits per heavy atom. The molecular formula is C48H36N2Si. The largest absolute Gasteiger partial charge is 0.237 e. The van der Waals surface area contributed by atoms with Crippen molar-refractivity contribution in [3.05, 3.63) is 182 Å². The summed E-state index contributed by atoms with van der Waals surface area (Å²) in [5.41, 5.74) is 15.2. The van der Waals surface area contributed by atoms with E-state index in [0.717, 1.165) is 33.8 Å². The standard InChI is InChI=1S/C48H36N2Si/c1-51(2)44-28-10-9-27-43(44)45-46(34-17-7-4-8-18-34)49-47(50-48(45)51)42-26-14-25-41(32-42)40-24-13-23-39(31-40)38-22-12-21-37(30-38)36-20-11-19-35(29-36)33-15-5-3-6-16-33/h3-32H,1-2H3. The average Bonchev–Trinajstić information content (AvgIpc) is 3.44. The first-order valence-electron chi connectivity index (χ1n) is 17.6. The van der Waals surface area contributed by atoms with Crippen LogP contribution < -0.4 is 10.5 Å². The molecule has 2 heterocycles. The highest BCUT2D eigenvalue weighted by atomic mass is 28.3. The third-order valence-electron chi connectivity index (χ3n) is 10.2. The summed E-state index contributed by atoms with van der Waals surface area (Å²) in [6.07, 6.45) is 0. The number of rotatable bonds is 6. The SMILES string of the molecule is C[Si]1(C)c2ccccc2-c2c(-c3ccccc3)nc(-c3cccc(-c4cccc(-c5cccc(-c6cccc(-c7ccccc7)c6)c5)c4)c3)nc21. The molecule has 0 spiro atoms. The lowest BCUT2D eigenvalue weighted by Gasteiger charge is -2.19. The molecule has 0 saturated carbocycles. The predicted molar refractivity (Wildman–Crippen MR) is 217 cm³/mol. The molecule has 51 heavy (non-hydrogen) atoms. The molecular weight excluding hydrogens is 633 g/mol. The van der Waals surface area contributed by atoms with Gasteiger partial charge in [0.15, 0.2) is 5.82 Å². The lowest BCUT2D eigenvalue weighted by atomic mass is 9.94. The normalized spacial score (nSPS) is 12.7. The summed E-state index contributed by atoms with van der Waals surface area (Å²) in [6.45, 7) is 4.83. The van der Waals surface area contributed by atoms with Crippen molar-refractivity contribution < 1.29 is 0 Å². The fourth-order valence-corrected chi connectivity index (χ4v) is 10.5. The van der Waals surface area contributed by atoms with Gasteiger partial charge in [-0.3, -0.25) is 0 Å². The van der Waals surface area contributed by atoms with Crippen LogP contribution in [0.1, 0.15) is 0 Å². The van der Waals surface area contributed by atoms with Crippen LogP contribution in [0, 0.1) is 0 Å². The zero-order valence-corrected chi connectivity index (χ0v) is 29.7. The van der Waals surface area contributed by atoms with Crippen LogP contribution >= 0.6 is 0 Å². The second-order valence-corrected chi connectivity index (χ2v) is 18.1. The maximum Gasteiger partial charge on any atom is 0.159 e. The van der Waals surface area contributed by atoms with E-state index in [4.69, 9.17) is 9.97 Å². The molecule has 0 atom stereocenters. The van der Waals surface area contributed by atoms with Crippen LogP contribution in [0.3, 0.4) is 0 Å². The summed E-state index contributed by atoms with van der Waals surface area (Å²) in [5.74, 6) is 0.782. The lowest BCUT2D eigenvalue weighted by Crippen LogP contribution is -2.50. The topological polar surface area (TPSA) is 25.8 Å². The number of aromatic nitrogens is 2. The first kappa shape index (κ1) is 30.9. The second kappa shape index (κ2) is 12.6. The molecule has 3 heteroatoms. The van der Waals surface area contributed by atoms with Crippen molar-refractivity contribution in [3.63, 3.8) is 0 Å². The molecule has 0 saturated heterocycles. The smallest absolute Gasteiger partial charge is 0.159 e. The van der Waals surface area contributed by atoms with Crippen LogP contribution in [0.4, 0.5) is 0 Å². The van der Waals surface area contributed by atoms with Crippen LogP contribution in [-0.2, 0) is 0 Å². The minimum Gasteiger partial charge on any atom is -0.237 e. The van der Waals surface area contributed by atoms with Gasteiger partial charge in [0.1, 0.15) is 8.07 Å². The van der Waals surface area contributed by atoms with Gasteiger partial charge in [-0.15, -0.1) is 0 Å². The first-order chi connectivity index (χ1) is 25.0. The molecule has 9 rings (SSSR count). The maximum absolute atomic E-state index is 5.39. The number of hydrogen-bond acceptors (Lipinski definition) is 2. The van der Waals surface area contributed by atoms with Crippen molar-refractivity contribution >= 4 is 18.6 Å². The minimum atomic E-state index is -2.03. The zero-order chi connectivity index (χ0) is 34.4. The van der Waals surface area contributed by atoms with Crippen molar-refractivity contribution in [2.75, 3.05) is 0 Å². The molecule has 242 valence electrons. The van der Waals surface area contributed by atoms with Gasteiger partial charge in [0.2, 0.25) is 0 Å². The predicted octanol–water partition coefficient (Wildman–Crippen LogP) is 11.3. The number of fused-ring (bicyclic) bond motifs is 3. The molecule has 2 nitrogen and oxygen atoms in total. The third kappa shape index (κ3) is 5.62. The van der Waals surface area contributed by atoms with Gasteiger partial charge in [0, 0.05) is 22.0 Å². The van der Waals surface area contributed by atoms with E-state index in [1.807, 2.05) is 0 Å². The first-order valence-corrected chi connectivity index (χ1v) is 20.6. The molecule has 0 N–H and O–H groups in total. The zero-order valence-electron chi connectivity index (χ0n) is 28.7. The van der Waals surface area contributed by atoms with Gasteiger partial charge < -0.3 is 0 Å². The van der Waals surface area contributed by atoms with Crippen molar-refractivity contribution in [1.82, 2.24) is 9.97 Å². The van der Waals surface area contributed by atoms with Crippen molar-refractivity contribution in [1.29, 1.82) is 0 Å². The van der Waals surface area contributed by atoms with Crippen LogP contribution in [0.25, 0.3) is 78.3 Å². The molecule has 0 fully saturated rings. The second-order valence-electron chi connectivity index (χ2n) is 13.8. The number of nitrogens with zero attached hydrogens (tertiary/aromatic N) is 2. The summed E-state index contributed by atoms with van der Waals surface area (Å²) in [5, 5.41) is 2.65. The Hall–Kier alpha value is -6.16. The Bertz CT molecular complexity index is 2550. The van der Waals surface area contributed by atoms with E-state index >= 15 is 0 Å². The Labute approximate surface area is 300 Å². The molecule has 7 aromatic carbocycles. The number of hydrogen-bond donors (Lipinski definition) is 0. The average molecular weight is 669 g/mol. The van der Waals surface area contributed by atoms with Gasteiger partial charge in [0.25, 0.3) is 0 Å². The fraction of sp³-hybridized carbons (Fsp3) is 0.0417. The molecule has 1 aliphatic rings. The Balaban J connectivity index is 1.09. The van der Waals surface area contributed by atoms with E-state index in [0.29, 0.717) is 0 Å². The van der Waals surface area contributed by atoms with Gasteiger partial charge in [-0.1, -0.05) is 171 Å².